The molecular weight excluding hydrogens is 320 g/mol. The van der Waals surface area contributed by atoms with Crippen LogP contribution < -0.4 is 5.32 Å². The van der Waals surface area contributed by atoms with Gasteiger partial charge in [-0.1, -0.05) is 43.3 Å². The average molecular weight is 351 g/mol. The van der Waals surface area contributed by atoms with Crippen LogP contribution in [-0.2, 0) is 18.3 Å². The maximum Gasteiger partial charge on any atom is 0.115 e. The fraction of sp³-hybridized carbons (Fsp3) is 0.478. The second kappa shape index (κ2) is 7.05. The number of benzene rings is 2. The van der Waals surface area contributed by atoms with Gasteiger partial charge in [-0.25, -0.2) is 0 Å². The van der Waals surface area contributed by atoms with Gasteiger partial charge in [0.2, 0.25) is 0 Å². The smallest absolute Gasteiger partial charge is 0.115 e. The van der Waals surface area contributed by atoms with E-state index in [1.165, 1.54) is 16.7 Å². The summed E-state index contributed by atoms with van der Waals surface area (Å²) in [4.78, 5) is 2.52. The third kappa shape index (κ3) is 3.15. The zero-order chi connectivity index (χ0) is 18.1. The van der Waals surface area contributed by atoms with Crippen LogP contribution in [-0.4, -0.2) is 42.2 Å². The molecule has 3 heteroatoms. The number of phenols is 1. The van der Waals surface area contributed by atoms with Crippen molar-refractivity contribution in [3.05, 3.63) is 65.2 Å². The van der Waals surface area contributed by atoms with Gasteiger partial charge >= 0.3 is 0 Å². The molecule has 2 bridgehead atoms. The Kier molecular flexibility index (Phi) is 4.76. The van der Waals surface area contributed by atoms with Crippen molar-refractivity contribution in [2.45, 2.75) is 50.1 Å². The number of likely N-dealkylation sites (N-methyl/N-ethyl adjacent to an activating group) is 1. The van der Waals surface area contributed by atoms with Crippen LogP contribution in [0.2, 0.25) is 0 Å². The molecule has 0 radical (unpaired) electrons. The summed E-state index contributed by atoms with van der Waals surface area (Å²) in [6.45, 7) is 4.55. The third-order valence-electron chi connectivity index (χ3n) is 6.61. The van der Waals surface area contributed by atoms with Gasteiger partial charge in [-0.15, -0.1) is 0 Å². The Morgan fingerprint density at radius 2 is 2.00 bits per heavy atom. The highest BCUT2D eigenvalue weighted by Crippen LogP contribution is 2.45. The molecule has 0 amide bonds. The summed E-state index contributed by atoms with van der Waals surface area (Å²) in [5, 5.41) is 13.9. The van der Waals surface area contributed by atoms with Crippen molar-refractivity contribution in [1.82, 2.24) is 10.2 Å². The first-order valence-electron chi connectivity index (χ1n) is 9.88. The molecule has 0 saturated carbocycles. The van der Waals surface area contributed by atoms with E-state index in [2.05, 4.69) is 60.6 Å². The van der Waals surface area contributed by atoms with Crippen LogP contribution >= 0.6 is 0 Å². The zero-order valence-electron chi connectivity index (χ0n) is 15.9. The average Bonchev–Trinajstić information content (AvgIpc) is 2.65. The summed E-state index contributed by atoms with van der Waals surface area (Å²) < 4.78 is 0. The molecule has 3 atom stereocenters. The van der Waals surface area contributed by atoms with Gasteiger partial charge in [-0.2, -0.15) is 0 Å². The Hall–Kier alpha value is -1.84. The topological polar surface area (TPSA) is 35.5 Å². The summed E-state index contributed by atoms with van der Waals surface area (Å²) >= 11 is 0. The molecule has 2 aliphatic rings. The molecule has 1 unspecified atom stereocenters. The molecule has 138 valence electrons. The van der Waals surface area contributed by atoms with Crippen molar-refractivity contribution in [3.63, 3.8) is 0 Å². The number of fused-ring (bicyclic) bond motifs is 4. The minimum absolute atomic E-state index is 0.0935. The molecule has 4 rings (SSSR count). The van der Waals surface area contributed by atoms with Gasteiger partial charge in [-0.3, -0.25) is 0 Å². The zero-order valence-corrected chi connectivity index (χ0v) is 15.9. The number of aromatic hydroxyl groups is 1. The monoisotopic (exact) mass is 350 g/mol. The van der Waals surface area contributed by atoms with Gasteiger partial charge in [0.25, 0.3) is 0 Å². The maximum atomic E-state index is 10.0. The van der Waals surface area contributed by atoms with Crippen LogP contribution in [0, 0.1) is 0 Å². The summed E-state index contributed by atoms with van der Waals surface area (Å²) in [5.74, 6) is 0.394. The van der Waals surface area contributed by atoms with Gasteiger partial charge in [-0.05, 0) is 74.6 Å². The molecule has 2 aromatic rings. The molecule has 1 aliphatic heterocycles. The largest absolute Gasteiger partial charge is 0.508 e. The molecule has 2 aromatic carbocycles. The molecule has 0 spiro atoms. The first kappa shape index (κ1) is 17.6. The van der Waals surface area contributed by atoms with Gasteiger partial charge < -0.3 is 15.3 Å². The predicted octanol–water partition coefficient (Wildman–Crippen LogP) is 3.50. The molecule has 3 nitrogen and oxygen atoms in total. The number of nitrogens with one attached hydrogen (secondary N) is 1. The Balaban J connectivity index is 1.49. The fourth-order valence-electron chi connectivity index (χ4n) is 5.04. The van der Waals surface area contributed by atoms with E-state index in [1.54, 1.807) is 0 Å². The van der Waals surface area contributed by atoms with E-state index in [-0.39, 0.29) is 5.41 Å². The third-order valence-corrected chi connectivity index (χ3v) is 6.61. The lowest BCUT2D eigenvalue weighted by molar-refractivity contribution is 0.0659. The van der Waals surface area contributed by atoms with Crippen LogP contribution in [0.3, 0.4) is 0 Å². The molecule has 0 aromatic heterocycles. The summed E-state index contributed by atoms with van der Waals surface area (Å²) in [7, 11) is 2.26. The van der Waals surface area contributed by atoms with Gasteiger partial charge in [0, 0.05) is 17.5 Å². The minimum atomic E-state index is 0.0935. The van der Waals surface area contributed by atoms with Gasteiger partial charge in [0.1, 0.15) is 5.75 Å². The lowest BCUT2D eigenvalue weighted by Crippen LogP contribution is -2.66. The summed E-state index contributed by atoms with van der Waals surface area (Å²) in [6, 6.07) is 17.7. The molecule has 1 heterocycles. The van der Waals surface area contributed by atoms with E-state index in [9.17, 15) is 5.11 Å². The van der Waals surface area contributed by atoms with Crippen LogP contribution in [0.5, 0.6) is 5.75 Å². The SMILES string of the molecule is CN1CCC2(C)c3cc(O)ccc3C[C@@H]1[C@H]2NCCCc1ccccc1. The van der Waals surface area contributed by atoms with Crippen molar-refractivity contribution in [2.75, 3.05) is 20.1 Å². The van der Waals surface area contributed by atoms with Gasteiger partial charge in [0.05, 0.1) is 0 Å². The number of rotatable bonds is 5. The van der Waals surface area contributed by atoms with E-state index in [0.717, 1.165) is 38.8 Å². The number of hydrogen-bond donors (Lipinski definition) is 2. The highest BCUT2D eigenvalue weighted by Gasteiger charge is 2.49. The van der Waals surface area contributed by atoms with Crippen LogP contribution in [0.1, 0.15) is 36.5 Å². The number of piperidine rings is 1. The van der Waals surface area contributed by atoms with E-state index >= 15 is 0 Å². The maximum absolute atomic E-state index is 10.0. The molecular formula is C23H30N2O. The number of hydrogen-bond acceptors (Lipinski definition) is 3. The Morgan fingerprint density at radius 3 is 2.81 bits per heavy atom. The highest BCUT2D eigenvalue weighted by atomic mass is 16.3. The Bertz CT molecular complexity index is 760. The molecule has 2 N–H and O–H groups in total. The predicted molar refractivity (Wildman–Crippen MR) is 107 cm³/mol. The first-order valence-corrected chi connectivity index (χ1v) is 9.88. The number of nitrogens with zero attached hydrogens (tertiary/aromatic N) is 1. The second-order valence-electron chi connectivity index (χ2n) is 8.28. The quantitative estimate of drug-likeness (QED) is 0.810. The van der Waals surface area contributed by atoms with Crippen LogP contribution in [0.15, 0.2) is 48.5 Å². The summed E-state index contributed by atoms with van der Waals surface area (Å²) in [5.41, 5.74) is 4.26. The van der Waals surface area contributed by atoms with Gasteiger partial charge in [0.15, 0.2) is 0 Å². The number of aryl methyl sites for hydroxylation is 1. The molecule has 26 heavy (non-hydrogen) atoms. The Morgan fingerprint density at radius 1 is 1.19 bits per heavy atom. The lowest BCUT2D eigenvalue weighted by atomic mass is 9.61. The van der Waals surface area contributed by atoms with Crippen molar-refractivity contribution >= 4 is 0 Å². The van der Waals surface area contributed by atoms with E-state index in [4.69, 9.17) is 0 Å². The molecule has 1 fully saturated rings. The van der Waals surface area contributed by atoms with E-state index in [1.807, 2.05) is 12.1 Å². The van der Waals surface area contributed by atoms with Crippen LogP contribution in [0.25, 0.3) is 0 Å². The van der Waals surface area contributed by atoms with Crippen molar-refractivity contribution in [3.8, 4) is 5.75 Å². The first-order chi connectivity index (χ1) is 12.6. The van der Waals surface area contributed by atoms with Crippen LogP contribution in [0.4, 0.5) is 0 Å². The van der Waals surface area contributed by atoms with Crippen molar-refractivity contribution < 1.29 is 5.11 Å². The van der Waals surface area contributed by atoms with E-state index < -0.39 is 0 Å². The molecule has 1 saturated heterocycles. The van der Waals surface area contributed by atoms with E-state index in [0.29, 0.717) is 17.8 Å². The lowest BCUT2D eigenvalue weighted by Gasteiger charge is -2.55. The highest BCUT2D eigenvalue weighted by molar-refractivity contribution is 5.45. The Labute approximate surface area is 157 Å². The fourth-order valence-corrected chi connectivity index (χ4v) is 5.04. The second-order valence-corrected chi connectivity index (χ2v) is 8.28. The number of phenolic OH excluding ortho intramolecular Hbond substituents is 1. The summed E-state index contributed by atoms with van der Waals surface area (Å²) in [6.07, 6.45) is 4.47. The standard InChI is InChI=1S/C23H30N2O/c1-23-12-14-25(2)21(15-18-10-11-19(26)16-20(18)23)22(23)24-13-6-9-17-7-4-3-5-8-17/h3-5,7-8,10-11,16,21-22,24,26H,6,9,12-15H2,1-2H3/t21-,22-,23?/m1/s1. The number of likely N-dealkylation sites (tertiary alicyclic amines) is 1. The minimum Gasteiger partial charge on any atom is -0.508 e. The van der Waals surface area contributed by atoms with Crippen molar-refractivity contribution in [2.24, 2.45) is 0 Å². The molecule has 1 aliphatic carbocycles. The normalized spacial score (nSPS) is 27.9. The van der Waals surface area contributed by atoms with Crippen molar-refractivity contribution in [1.29, 1.82) is 0 Å².